The molecule has 2 N–H and O–H groups in total. The number of amides is 2. The van der Waals surface area contributed by atoms with Crippen molar-refractivity contribution < 1.29 is 9.90 Å². The quantitative estimate of drug-likeness (QED) is 0.806. The number of carbonyl (C=O) groups excluding carboxylic acids is 1. The number of urea groups is 1. The molecule has 4 nitrogen and oxygen atoms in total. The van der Waals surface area contributed by atoms with Crippen molar-refractivity contribution in [1.82, 2.24) is 10.2 Å². The van der Waals surface area contributed by atoms with Gasteiger partial charge in [-0.1, -0.05) is 19.3 Å². The van der Waals surface area contributed by atoms with Crippen molar-refractivity contribution in [3.8, 4) is 0 Å². The fourth-order valence-corrected chi connectivity index (χ4v) is 2.86. The van der Waals surface area contributed by atoms with Gasteiger partial charge in [-0.05, 0) is 32.1 Å². The van der Waals surface area contributed by atoms with E-state index in [1.54, 1.807) is 0 Å². The summed E-state index contributed by atoms with van der Waals surface area (Å²) in [5, 5.41) is 12.6. The van der Waals surface area contributed by atoms with E-state index in [-0.39, 0.29) is 18.1 Å². The number of rotatable bonds is 4. The molecule has 0 aromatic heterocycles. The van der Waals surface area contributed by atoms with E-state index in [0.717, 1.165) is 38.3 Å². The van der Waals surface area contributed by atoms with Gasteiger partial charge in [-0.2, -0.15) is 0 Å². The summed E-state index contributed by atoms with van der Waals surface area (Å²) in [6.45, 7) is 4.16. The minimum atomic E-state index is -0.310. The first-order valence-electron chi connectivity index (χ1n) is 7.37. The summed E-state index contributed by atoms with van der Waals surface area (Å²) < 4.78 is 0. The molecular weight excluding hydrogens is 228 g/mol. The normalized spacial score (nSPS) is 26.6. The van der Waals surface area contributed by atoms with Crippen molar-refractivity contribution in [2.24, 2.45) is 11.8 Å². The van der Waals surface area contributed by atoms with E-state index in [2.05, 4.69) is 5.32 Å². The third kappa shape index (κ3) is 3.61. The molecule has 18 heavy (non-hydrogen) atoms. The first kappa shape index (κ1) is 13.7. The van der Waals surface area contributed by atoms with Crippen LogP contribution in [0.2, 0.25) is 0 Å². The van der Waals surface area contributed by atoms with E-state index in [4.69, 9.17) is 0 Å². The second-order valence-corrected chi connectivity index (χ2v) is 5.91. The van der Waals surface area contributed by atoms with Crippen LogP contribution in [0.5, 0.6) is 0 Å². The monoisotopic (exact) mass is 254 g/mol. The average molecular weight is 254 g/mol. The number of carbonyl (C=O) groups is 1. The molecule has 2 rings (SSSR count). The van der Waals surface area contributed by atoms with Gasteiger partial charge in [0.15, 0.2) is 0 Å². The lowest BCUT2D eigenvalue weighted by atomic mass is 9.83. The number of nitrogens with one attached hydrogen (secondary N) is 1. The molecule has 2 amide bonds. The van der Waals surface area contributed by atoms with Crippen LogP contribution in [-0.4, -0.2) is 41.8 Å². The van der Waals surface area contributed by atoms with Crippen LogP contribution in [0.1, 0.15) is 45.4 Å². The second-order valence-electron chi connectivity index (χ2n) is 5.91. The van der Waals surface area contributed by atoms with Gasteiger partial charge in [0, 0.05) is 25.6 Å². The van der Waals surface area contributed by atoms with E-state index in [9.17, 15) is 9.90 Å². The number of piperidine rings is 1. The highest BCUT2D eigenvalue weighted by atomic mass is 16.3. The maximum Gasteiger partial charge on any atom is 0.317 e. The average Bonchev–Trinajstić information content (AvgIpc) is 2.32. The summed E-state index contributed by atoms with van der Waals surface area (Å²) in [6, 6.07) is 0.0553. The third-order valence-electron chi connectivity index (χ3n) is 4.48. The molecule has 0 spiro atoms. The van der Waals surface area contributed by atoms with Gasteiger partial charge in [0.25, 0.3) is 0 Å². The SMILES string of the molecule is CC(O)C1CCCN(C(=O)NCCC2CCC2)C1. The molecule has 2 unspecified atom stereocenters. The Hall–Kier alpha value is -0.770. The van der Waals surface area contributed by atoms with Crippen molar-refractivity contribution in [3.05, 3.63) is 0 Å². The van der Waals surface area contributed by atoms with Gasteiger partial charge < -0.3 is 15.3 Å². The Bertz CT molecular complexity index is 277. The van der Waals surface area contributed by atoms with E-state index >= 15 is 0 Å². The van der Waals surface area contributed by atoms with E-state index in [0.29, 0.717) is 6.54 Å². The number of aliphatic hydroxyl groups excluding tert-OH is 1. The van der Waals surface area contributed by atoms with Gasteiger partial charge >= 0.3 is 6.03 Å². The molecule has 0 aromatic rings. The van der Waals surface area contributed by atoms with Crippen LogP contribution in [0.15, 0.2) is 0 Å². The Kier molecular flexibility index (Phi) is 4.87. The molecule has 0 bridgehead atoms. The van der Waals surface area contributed by atoms with Crippen LogP contribution in [0, 0.1) is 11.8 Å². The first-order chi connectivity index (χ1) is 8.66. The smallest absolute Gasteiger partial charge is 0.317 e. The largest absolute Gasteiger partial charge is 0.393 e. The summed E-state index contributed by atoms with van der Waals surface area (Å²) >= 11 is 0. The van der Waals surface area contributed by atoms with Gasteiger partial charge in [0.05, 0.1) is 6.10 Å². The molecule has 1 saturated carbocycles. The number of nitrogens with zero attached hydrogens (tertiary/aromatic N) is 1. The van der Waals surface area contributed by atoms with E-state index < -0.39 is 0 Å². The fraction of sp³-hybridized carbons (Fsp3) is 0.929. The van der Waals surface area contributed by atoms with Crippen LogP contribution in [0.3, 0.4) is 0 Å². The second kappa shape index (κ2) is 6.41. The zero-order chi connectivity index (χ0) is 13.0. The minimum absolute atomic E-state index is 0.0553. The lowest BCUT2D eigenvalue weighted by Crippen LogP contribution is -2.47. The number of hydrogen-bond acceptors (Lipinski definition) is 2. The Labute approximate surface area is 110 Å². The molecule has 2 fully saturated rings. The summed E-state index contributed by atoms with van der Waals surface area (Å²) in [4.78, 5) is 13.9. The summed E-state index contributed by atoms with van der Waals surface area (Å²) in [5.41, 5.74) is 0. The predicted octanol–water partition coefficient (Wildman–Crippen LogP) is 1.98. The highest BCUT2D eigenvalue weighted by molar-refractivity contribution is 5.74. The maximum atomic E-state index is 12.0. The van der Waals surface area contributed by atoms with Crippen LogP contribution in [0.25, 0.3) is 0 Å². The zero-order valence-electron chi connectivity index (χ0n) is 11.4. The van der Waals surface area contributed by atoms with Crippen LogP contribution in [-0.2, 0) is 0 Å². The van der Waals surface area contributed by atoms with Crippen molar-refractivity contribution in [2.45, 2.75) is 51.6 Å². The lowest BCUT2D eigenvalue weighted by Gasteiger charge is -2.34. The Balaban J connectivity index is 1.67. The van der Waals surface area contributed by atoms with Crippen molar-refractivity contribution in [1.29, 1.82) is 0 Å². The van der Waals surface area contributed by atoms with Crippen molar-refractivity contribution in [3.63, 3.8) is 0 Å². The van der Waals surface area contributed by atoms with Crippen molar-refractivity contribution >= 4 is 6.03 Å². The lowest BCUT2D eigenvalue weighted by molar-refractivity contribution is 0.0738. The fourth-order valence-electron chi connectivity index (χ4n) is 2.86. The predicted molar refractivity (Wildman–Crippen MR) is 71.3 cm³/mol. The minimum Gasteiger partial charge on any atom is -0.393 e. The highest BCUT2D eigenvalue weighted by Gasteiger charge is 2.26. The zero-order valence-corrected chi connectivity index (χ0v) is 11.4. The van der Waals surface area contributed by atoms with Gasteiger partial charge in [-0.3, -0.25) is 0 Å². The first-order valence-corrected chi connectivity index (χ1v) is 7.37. The number of hydrogen-bond donors (Lipinski definition) is 2. The van der Waals surface area contributed by atoms with Gasteiger partial charge in [0.2, 0.25) is 0 Å². The third-order valence-corrected chi connectivity index (χ3v) is 4.48. The Morgan fingerprint density at radius 3 is 2.78 bits per heavy atom. The molecule has 2 aliphatic rings. The van der Waals surface area contributed by atoms with Gasteiger partial charge in [-0.25, -0.2) is 4.79 Å². The molecule has 0 aromatic carbocycles. The summed E-state index contributed by atoms with van der Waals surface area (Å²) in [6.07, 6.45) is 6.89. The Morgan fingerprint density at radius 2 is 2.17 bits per heavy atom. The van der Waals surface area contributed by atoms with E-state index in [1.807, 2.05) is 11.8 Å². The molecule has 1 saturated heterocycles. The molecule has 2 atom stereocenters. The van der Waals surface area contributed by atoms with Crippen LogP contribution in [0.4, 0.5) is 4.79 Å². The topological polar surface area (TPSA) is 52.6 Å². The van der Waals surface area contributed by atoms with Gasteiger partial charge in [0.1, 0.15) is 0 Å². The molecule has 1 heterocycles. The molecule has 104 valence electrons. The Morgan fingerprint density at radius 1 is 1.39 bits per heavy atom. The van der Waals surface area contributed by atoms with Gasteiger partial charge in [-0.15, -0.1) is 0 Å². The van der Waals surface area contributed by atoms with Crippen LogP contribution < -0.4 is 5.32 Å². The summed E-state index contributed by atoms with van der Waals surface area (Å²) in [5.74, 6) is 1.09. The number of aliphatic hydroxyl groups is 1. The molecule has 1 aliphatic carbocycles. The molecule has 4 heteroatoms. The van der Waals surface area contributed by atoms with Crippen LogP contribution >= 0.6 is 0 Å². The standard InChI is InChI=1S/C14H26N2O2/c1-11(17)13-6-3-9-16(10-13)14(18)15-8-7-12-4-2-5-12/h11-13,17H,2-10H2,1H3,(H,15,18). The molecule has 1 aliphatic heterocycles. The number of likely N-dealkylation sites (tertiary alicyclic amines) is 1. The summed E-state index contributed by atoms with van der Waals surface area (Å²) in [7, 11) is 0. The molecular formula is C14H26N2O2. The molecule has 0 radical (unpaired) electrons. The van der Waals surface area contributed by atoms with E-state index in [1.165, 1.54) is 19.3 Å². The highest BCUT2D eigenvalue weighted by Crippen LogP contribution is 2.28. The van der Waals surface area contributed by atoms with Crippen molar-refractivity contribution in [2.75, 3.05) is 19.6 Å². The maximum absolute atomic E-state index is 12.0.